The summed E-state index contributed by atoms with van der Waals surface area (Å²) in [6.45, 7) is 3.44. The van der Waals surface area contributed by atoms with Crippen LogP contribution in [0.1, 0.15) is 29.1 Å². The van der Waals surface area contributed by atoms with Crippen LogP contribution in [-0.2, 0) is 9.53 Å². The summed E-state index contributed by atoms with van der Waals surface area (Å²) >= 11 is 1.14. The Balaban J connectivity index is 2.22. The average molecular weight is 332 g/mol. The molecule has 0 saturated carbocycles. The van der Waals surface area contributed by atoms with Gasteiger partial charge in [0.2, 0.25) is 0 Å². The van der Waals surface area contributed by atoms with Gasteiger partial charge in [-0.1, -0.05) is 11.3 Å². The van der Waals surface area contributed by atoms with Crippen molar-refractivity contribution in [1.82, 2.24) is 4.98 Å². The van der Waals surface area contributed by atoms with Gasteiger partial charge in [0.25, 0.3) is 0 Å². The number of nitrogens with zero attached hydrogens (tertiary/aromatic N) is 2. The first kappa shape index (κ1) is 16.6. The molecular weight excluding hydrogens is 316 g/mol. The van der Waals surface area contributed by atoms with Crippen LogP contribution < -0.4 is 11.2 Å². The number of nitrogens with two attached hydrogens (primary N) is 1. The molecule has 0 amide bonds. The zero-order valence-corrected chi connectivity index (χ0v) is 13.5. The summed E-state index contributed by atoms with van der Waals surface area (Å²) in [6, 6.07) is 6.75. The van der Waals surface area contributed by atoms with E-state index < -0.39 is 5.97 Å². The van der Waals surface area contributed by atoms with Gasteiger partial charge in [0, 0.05) is 11.8 Å². The Hall–Kier alpha value is -2.74. The van der Waals surface area contributed by atoms with Crippen LogP contribution in [0.25, 0.3) is 0 Å². The molecule has 0 aliphatic heterocycles. The summed E-state index contributed by atoms with van der Waals surface area (Å²) in [5.41, 5.74) is 9.69. The van der Waals surface area contributed by atoms with Crippen LogP contribution in [0.15, 0.2) is 35.6 Å². The van der Waals surface area contributed by atoms with Crippen molar-refractivity contribution in [3.8, 4) is 0 Å². The third kappa shape index (κ3) is 4.36. The van der Waals surface area contributed by atoms with Gasteiger partial charge < -0.3 is 10.5 Å². The third-order valence-electron chi connectivity index (χ3n) is 2.81. The van der Waals surface area contributed by atoms with Crippen LogP contribution in [0.4, 0.5) is 10.8 Å². The van der Waals surface area contributed by atoms with Gasteiger partial charge in [-0.2, -0.15) is 5.10 Å². The quantitative estimate of drug-likeness (QED) is 0.364. The number of carbonyl (C=O) groups is 2. The number of benzene rings is 1. The molecule has 0 bridgehead atoms. The molecule has 3 N–H and O–H groups in total. The minimum atomic E-state index is -0.566. The molecule has 23 heavy (non-hydrogen) atoms. The van der Waals surface area contributed by atoms with E-state index >= 15 is 0 Å². The number of ether oxygens (including phenoxy) is 1. The van der Waals surface area contributed by atoms with E-state index in [0.717, 1.165) is 11.3 Å². The van der Waals surface area contributed by atoms with Crippen LogP contribution in [0.2, 0.25) is 0 Å². The van der Waals surface area contributed by atoms with Crippen molar-refractivity contribution in [2.75, 3.05) is 17.8 Å². The van der Waals surface area contributed by atoms with Crippen molar-refractivity contribution < 1.29 is 14.3 Å². The maximum Gasteiger partial charge on any atom is 0.360 e. The van der Waals surface area contributed by atoms with Crippen molar-refractivity contribution in [1.29, 1.82) is 0 Å². The average Bonchev–Trinajstić information content (AvgIpc) is 2.94. The highest BCUT2D eigenvalue weighted by Crippen LogP contribution is 2.17. The lowest BCUT2D eigenvalue weighted by Gasteiger charge is -2.05. The van der Waals surface area contributed by atoms with Gasteiger partial charge in [0.1, 0.15) is 0 Å². The predicted molar refractivity (Wildman–Crippen MR) is 89.8 cm³/mol. The number of aromatic nitrogens is 1. The second-order valence-corrected chi connectivity index (χ2v) is 5.55. The van der Waals surface area contributed by atoms with Crippen molar-refractivity contribution in [2.24, 2.45) is 5.10 Å². The molecule has 8 heteroatoms. The minimum Gasteiger partial charge on any atom is -0.461 e. The van der Waals surface area contributed by atoms with E-state index in [4.69, 9.17) is 10.5 Å². The van der Waals surface area contributed by atoms with Gasteiger partial charge in [-0.25, -0.2) is 9.78 Å². The largest absolute Gasteiger partial charge is 0.461 e. The number of hydrazone groups is 1. The number of hydrogen-bond acceptors (Lipinski definition) is 8. The zero-order chi connectivity index (χ0) is 16.8. The van der Waals surface area contributed by atoms with Crippen molar-refractivity contribution in [3.05, 3.63) is 40.9 Å². The van der Waals surface area contributed by atoms with E-state index in [2.05, 4.69) is 15.5 Å². The Labute approximate surface area is 137 Å². The molecule has 1 heterocycles. The summed E-state index contributed by atoms with van der Waals surface area (Å²) in [5.74, 6) is -0.587. The molecule has 0 fully saturated rings. The summed E-state index contributed by atoms with van der Waals surface area (Å²) in [6.07, 6.45) is 1.47. The highest BCUT2D eigenvalue weighted by molar-refractivity contribution is 7.18. The van der Waals surface area contributed by atoms with Gasteiger partial charge >= 0.3 is 5.97 Å². The second-order valence-electron chi connectivity index (χ2n) is 4.49. The van der Waals surface area contributed by atoms with E-state index in [1.165, 1.54) is 13.1 Å². The number of hydrogen-bond donors (Lipinski definition) is 2. The maximum atomic E-state index is 12.0. The van der Waals surface area contributed by atoms with Crippen LogP contribution in [0, 0.1) is 0 Å². The van der Waals surface area contributed by atoms with Crippen LogP contribution in [0.3, 0.4) is 0 Å². The van der Waals surface area contributed by atoms with Crippen molar-refractivity contribution >= 4 is 39.6 Å². The summed E-state index contributed by atoms with van der Waals surface area (Å²) in [4.78, 5) is 27.7. The molecule has 1 aromatic carbocycles. The molecule has 1 aromatic heterocycles. The molecule has 0 radical (unpaired) electrons. The molecule has 0 atom stereocenters. The molecule has 7 nitrogen and oxygen atoms in total. The first-order chi connectivity index (χ1) is 11.0. The lowest BCUT2D eigenvalue weighted by atomic mass is 10.1. The van der Waals surface area contributed by atoms with Gasteiger partial charge in [-0.05, 0) is 38.1 Å². The number of ketones is 1. The standard InChI is InChI=1S/C15H16N4O3S/c1-3-22-14(21)13(12-8-17-15(16)23-12)19-18-11-6-4-10(5-7-11)9(2)20/h4-8,18H,3H2,1-2H3,(H2,16,17)/b19-13+. The topological polar surface area (TPSA) is 107 Å². The number of nitrogen functional groups attached to an aromatic ring is 1. The Kier molecular flexibility index (Phi) is 5.42. The Morgan fingerprint density at radius 2 is 2.04 bits per heavy atom. The van der Waals surface area contributed by atoms with Crippen LogP contribution >= 0.6 is 11.3 Å². The second kappa shape index (κ2) is 7.50. The fourth-order valence-corrected chi connectivity index (χ4v) is 2.36. The fraction of sp³-hybridized carbons (Fsp3) is 0.200. The van der Waals surface area contributed by atoms with E-state index in [-0.39, 0.29) is 18.1 Å². The minimum absolute atomic E-state index is 0.0209. The number of carbonyl (C=O) groups excluding carboxylic acids is 2. The van der Waals surface area contributed by atoms with E-state index in [1.807, 2.05) is 0 Å². The number of anilines is 2. The lowest BCUT2D eigenvalue weighted by molar-refractivity contribution is -0.134. The third-order valence-corrected chi connectivity index (χ3v) is 3.65. The van der Waals surface area contributed by atoms with E-state index in [9.17, 15) is 9.59 Å². The van der Waals surface area contributed by atoms with E-state index in [1.54, 1.807) is 31.2 Å². The molecule has 0 unspecified atom stereocenters. The first-order valence-electron chi connectivity index (χ1n) is 6.84. The number of esters is 1. The molecular formula is C15H16N4O3S. The van der Waals surface area contributed by atoms with Crippen LogP contribution in [-0.4, -0.2) is 29.1 Å². The van der Waals surface area contributed by atoms with E-state index in [0.29, 0.717) is 21.3 Å². The Morgan fingerprint density at radius 3 is 2.57 bits per heavy atom. The highest BCUT2D eigenvalue weighted by Gasteiger charge is 2.18. The Bertz CT molecular complexity index is 737. The molecule has 0 aliphatic carbocycles. The highest BCUT2D eigenvalue weighted by atomic mass is 32.1. The van der Waals surface area contributed by atoms with Crippen LogP contribution in [0.5, 0.6) is 0 Å². The summed E-state index contributed by atoms with van der Waals surface area (Å²) in [7, 11) is 0. The molecule has 2 rings (SSSR count). The van der Waals surface area contributed by atoms with Gasteiger partial charge in [-0.3, -0.25) is 10.2 Å². The van der Waals surface area contributed by atoms with Gasteiger partial charge in [-0.15, -0.1) is 0 Å². The van der Waals surface area contributed by atoms with Gasteiger partial charge in [0.05, 0.1) is 17.2 Å². The number of rotatable bonds is 6. The molecule has 2 aromatic rings. The predicted octanol–water partition coefficient (Wildman–Crippen LogP) is 2.31. The molecule has 0 spiro atoms. The number of nitrogens with one attached hydrogen (secondary N) is 1. The Morgan fingerprint density at radius 1 is 1.35 bits per heavy atom. The summed E-state index contributed by atoms with van der Waals surface area (Å²) < 4.78 is 4.99. The smallest absolute Gasteiger partial charge is 0.360 e. The number of Topliss-reactive ketones (excluding diaryl/α,β-unsaturated/α-hetero) is 1. The maximum absolute atomic E-state index is 12.0. The molecule has 120 valence electrons. The number of thiazole rings is 1. The van der Waals surface area contributed by atoms with Crippen molar-refractivity contribution in [3.63, 3.8) is 0 Å². The fourth-order valence-electron chi connectivity index (χ4n) is 1.70. The molecule has 0 aliphatic rings. The van der Waals surface area contributed by atoms with Gasteiger partial charge in [0.15, 0.2) is 16.6 Å². The zero-order valence-electron chi connectivity index (χ0n) is 12.7. The normalized spacial score (nSPS) is 11.1. The monoisotopic (exact) mass is 332 g/mol. The lowest BCUT2D eigenvalue weighted by Crippen LogP contribution is -2.19. The first-order valence-corrected chi connectivity index (χ1v) is 7.66. The SMILES string of the molecule is CCOC(=O)/C(=N/Nc1ccc(C(C)=O)cc1)c1cnc(N)s1. The molecule has 0 saturated heterocycles. The van der Waals surface area contributed by atoms with Crippen molar-refractivity contribution in [2.45, 2.75) is 13.8 Å². The summed E-state index contributed by atoms with van der Waals surface area (Å²) in [5, 5.41) is 4.43.